The molecule has 1 amide bonds. The second-order valence-corrected chi connectivity index (χ2v) is 11.1. The number of nitrogens with zero attached hydrogens (tertiary/aromatic N) is 1. The number of thioether (sulfide) groups is 1. The van der Waals surface area contributed by atoms with E-state index in [-0.39, 0.29) is 37.1 Å². The van der Waals surface area contributed by atoms with Crippen LogP contribution in [0, 0.1) is 6.92 Å². The molecule has 0 radical (unpaired) electrons. The first kappa shape index (κ1) is 23.8. The Morgan fingerprint density at radius 2 is 1.70 bits per heavy atom. The number of hydrogen-bond acceptors (Lipinski definition) is 6. The summed E-state index contributed by atoms with van der Waals surface area (Å²) in [5, 5.41) is 0.243. The number of anilines is 1. The van der Waals surface area contributed by atoms with Crippen LogP contribution < -0.4 is 9.08 Å². The Morgan fingerprint density at radius 1 is 1.03 bits per heavy atom. The Labute approximate surface area is 211 Å². The number of rotatable bonds is 5. The van der Waals surface area contributed by atoms with E-state index >= 15 is 0 Å². The van der Waals surface area contributed by atoms with Crippen molar-refractivity contribution in [1.82, 2.24) is 0 Å². The van der Waals surface area contributed by atoms with Crippen LogP contribution in [0.2, 0.25) is 10.0 Å². The first-order valence-corrected chi connectivity index (χ1v) is 12.9. The molecule has 1 saturated heterocycles. The Hall–Kier alpha value is -2.36. The predicted molar refractivity (Wildman–Crippen MR) is 138 cm³/mol. The molecule has 0 aromatic heterocycles. The normalized spacial score (nSPS) is 15.4. The minimum absolute atomic E-state index is 0.0111. The van der Waals surface area contributed by atoms with Gasteiger partial charge in [-0.3, -0.25) is 9.69 Å². The van der Waals surface area contributed by atoms with Crippen molar-refractivity contribution in [2.24, 2.45) is 0 Å². The van der Waals surface area contributed by atoms with Gasteiger partial charge in [0.25, 0.3) is 5.91 Å². The highest BCUT2D eigenvalue weighted by Crippen LogP contribution is 2.40. The molecule has 1 aliphatic heterocycles. The summed E-state index contributed by atoms with van der Waals surface area (Å²) in [6.45, 7) is 1.84. The molecule has 0 bridgehead atoms. The van der Waals surface area contributed by atoms with Gasteiger partial charge in [0, 0.05) is 10.6 Å². The van der Waals surface area contributed by atoms with E-state index in [0.29, 0.717) is 10.0 Å². The number of hydrogen-bond donors (Lipinski definition) is 0. The van der Waals surface area contributed by atoms with Gasteiger partial charge in [-0.05, 0) is 49.4 Å². The number of thiocarbonyl (C=S) groups is 1. The second kappa shape index (κ2) is 9.48. The fourth-order valence-electron chi connectivity index (χ4n) is 3.05. The first-order chi connectivity index (χ1) is 15.7. The Balaban J connectivity index is 1.73. The second-order valence-electron chi connectivity index (χ2n) is 7.01. The number of carbonyl (C=O) groups excluding carboxylic acids is 1. The SMILES string of the molecule is Cc1ccc(S(=O)(=O)Oc2c(Cl)cc(Cl)cc2C=C2SC(=S)N(c3ccccc3)C2=O)cc1. The van der Waals surface area contributed by atoms with Crippen molar-refractivity contribution < 1.29 is 17.4 Å². The molecule has 1 heterocycles. The largest absolute Gasteiger partial charge is 0.377 e. The molecule has 0 spiro atoms. The van der Waals surface area contributed by atoms with Crippen molar-refractivity contribution in [3.8, 4) is 5.75 Å². The molecule has 0 N–H and O–H groups in total. The molecule has 1 aliphatic rings. The Bertz CT molecular complexity index is 1390. The van der Waals surface area contributed by atoms with Crippen molar-refractivity contribution in [1.29, 1.82) is 0 Å². The third-order valence-electron chi connectivity index (χ3n) is 4.63. The lowest BCUT2D eigenvalue weighted by atomic mass is 10.2. The lowest BCUT2D eigenvalue weighted by Crippen LogP contribution is -2.27. The predicted octanol–water partition coefficient (Wildman–Crippen LogP) is 6.48. The average Bonchev–Trinajstić information content (AvgIpc) is 3.04. The molecule has 168 valence electrons. The van der Waals surface area contributed by atoms with Gasteiger partial charge >= 0.3 is 10.1 Å². The molecule has 3 aromatic carbocycles. The maximum Gasteiger partial charge on any atom is 0.339 e. The minimum Gasteiger partial charge on any atom is -0.377 e. The zero-order valence-electron chi connectivity index (χ0n) is 17.0. The number of halogens is 2. The number of para-hydroxylation sites is 1. The molecule has 3 aromatic rings. The van der Waals surface area contributed by atoms with E-state index in [1.54, 1.807) is 36.4 Å². The number of carbonyl (C=O) groups is 1. The van der Waals surface area contributed by atoms with Gasteiger partial charge in [-0.15, -0.1) is 0 Å². The number of amides is 1. The van der Waals surface area contributed by atoms with Crippen LogP contribution in [0.4, 0.5) is 5.69 Å². The molecule has 0 atom stereocenters. The van der Waals surface area contributed by atoms with Crippen LogP contribution in [0.3, 0.4) is 0 Å². The van der Waals surface area contributed by atoms with Crippen LogP contribution in [-0.4, -0.2) is 18.6 Å². The molecular weight excluding hydrogens is 521 g/mol. The van der Waals surface area contributed by atoms with Crippen LogP contribution >= 0.6 is 47.2 Å². The lowest BCUT2D eigenvalue weighted by molar-refractivity contribution is -0.113. The maximum atomic E-state index is 13.1. The van der Waals surface area contributed by atoms with E-state index in [4.69, 9.17) is 39.6 Å². The van der Waals surface area contributed by atoms with Crippen molar-refractivity contribution in [3.05, 3.63) is 92.8 Å². The van der Waals surface area contributed by atoms with Crippen LogP contribution in [-0.2, 0) is 14.9 Å². The molecule has 10 heteroatoms. The van der Waals surface area contributed by atoms with E-state index < -0.39 is 10.1 Å². The van der Waals surface area contributed by atoms with Gasteiger partial charge < -0.3 is 4.18 Å². The summed E-state index contributed by atoms with van der Waals surface area (Å²) in [6, 6.07) is 18.0. The van der Waals surface area contributed by atoms with Crippen LogP contribution in [0.25, 0.3) is 6.08 Å². The first-order valence-electron chi connectivity index (χ1n) is 9.49. The summed E-state index contributed by atoms with van der Waals surface area (Å²) in [5.41, 5.74) is 1.77. The van der Waals surface area contributed by atoms with Gasteiger partial charge in [-0.1, -0.05) is 83.1 Å². The summed E-state index contributed by atoms with van der Waals surface area (Å²) >= 11 is 18.9. The summed E-state index contributed by atoms with van der Waals surface area (Å²) in [4.78, 5) is 14.7. The smallest absolute Gasteiger partial charge is 0.339 e. The third-order valence-corrected chi connectivity index (χ3v) is 7.67. The zero-order valence-corrected chi connectivity index (χ0v) is 21.0. The molecule has 1 fully saturated rings. The van der Waals surface area contributed by atoms with Gasteiger partial charge in [-0.2, -0.15) is 8.42 Å². The fourth-order valence-corrected chi connectivity index (χ4v) is 5.90. The fraction of sp³-hybridized carbons (Fsp3) is 0.0435. The highest BCUT2D eigenvalue weighted by Gasteiger charge is 2.33. The van der Waals surface area contributed by atoms with Crippen molar-refractivity contribution >= 4 is 79.3 Å². The van der Waals surface area contributed by atoms with E-state index in [1.807, 2.05) is 13.0 Å². The van der Waals surface area contributed by atoms with Gasteiger partial charge in [0.15, 0.2) is 10.1 Å². The molecule has 4 rings (SSSR count). The molecule has 33 heavy (non-hydrogen) atoms. The van der Waals surface area contributed by atoms with E-state index in [0.717, 1.165) is 17.3 Å². The minimum atomic E-state index is -4.18. The zero-order chi connectivity index (χ0) is 23.8. The Morgan fingerprint density at radius 3 is 2.36 bits per heavy atom. The summed E-state index contributed by atoms with van der Waals surface area (Å²) in [7, 11) is -4.18. The van der Waals surface area contributed by atoms with E-state index in [1.165, 1.54) is 35.2 Å². The summed E-state index contributed by atoms with van der Waals surface area (Å²) in [6.07, 6.45) is 1.47. The maximum absolute atomic E-state index is 13.1. The van der Waals surface area contributed by atoms with E-state index in [9.17, 15) is 13.2 Å². The molecule has 0 unspecified atom stereocenters. The quantitative estimate of drug-likeness (QED) is 0.212. The van der Waals surface area contributed by atoms with E-state index in [2.05, 4.69) is 0 Å². The molecule has 5 nitrogen and oxygen atoms in total. The van der Waals surface area contributed by atoms with Gasteiger partial charge in [-0.25, -0.2) is 0 Å². The summed E-state index contributed by atoms with van der Waals surface area (Å²) < 4.78 is 31.5. The van der Waals surface area contributed by atoms with Crippen LogP contribution in [0.1, 0.15) is 11.1 Å². The van der Waals surface area contributed by atoms with Gasteiger partial charge in [0.05, 0.1) is 15.6 Å². The third kappa shape index (κ3) is 5.10. The average molecular weight is 536 g/mol. The van der Waals surface area contributed by atoms with Crippen LogP contribution in [0.5, 0.6) is 5.75 Å². The standard InChI is InChI=1S/C23H15Cl2NO4S3/c1-14-7-9-18(10-8-14)33(28,29)30-21-15(11-16(24)13-19(21)25)12-20-22(27)26(23(31)32-20)17-5-3-2-4-6-17/h2-13H,1H3. The molecule has 0 aliphatic carbocycles. The number of aryl methyl sites for hydroxylation is 1. The number of benzene rings is 3. The van der Waals surface area contributed by atoms with Crippen molar-refractivity contribution in [3.63, 3.8) is 0 Å². The molecule has 0 saturated carbocycles. The topological polar surface area (TPSA) is 63.7 Å². The van der Waals surface area contributed by atoms with Crippen molar-refractivity contribution in [2.45, 2.75) is 11.8 Å². The van der Waals surface area contributed by atoms with Crippen LogP contribution in [0.15, 0.2) is 76.5 Å². The summed E-state index contributed by atoms with van der Waals surface area (Å²) in [5.74, 6) is -0.480. The highest BCUT2D eigenvalue weighted by atomic mass is 35.5. The monoisotopic (exact) mass is 535 g/mol. The van der Waals surface area contributed by atoms with Crippen molar-refractivity contribution in [2.75, 3.05) is 4.90 Å². The van der Waals surface area contributed by atoms with Gasteiger partial charge in [0.2, 0.25) is 0 Å². The lowest BCUT2D eigenvalue weighted by Gasteiger charge is -2.14. The Kier molecular flexibility index (Phi) is 6.83. The van der Waals surface area contributed by atoms with Gasteiger partial charge in [0.1, 0.15) is 4.90 Å². The highest BCUT2D eigenvalue weighted by molar-refractivity contribution is 8.27. The molecular formula is C23H15Cl2NO4S3.